The number of nitrogen functional groups attached to an aromatic ring is 1. The molecule has 1 amide bonds. The lowest BCUT2D eigenvalue weighted by atomic mass is 10.3. The summed E-state index contributed by atoms with van der Waals surface area (Å²) in [5.74, 6) is -0.564. The van der Waals surface area contributed by atoms with Gasteiger partial charge < -0.3 is 15.4 Å². The second kappa shape index (κ2) is 6.05. The minimum absolute atomic E-state index is 0.161. The smallest absolute Gasteiger partial charge is 0.273 e. The number of nitrogens with zero attached hydrogens (tertiary/aromatic N) is 2. The van der Waals surface area contributed by atoms with Crippen LogP contribution in [0.5, 0.6) is 5.75 Å². The number of aromatic amines is 1. The van der Waals surface area contributed by atoms with Gasteiger partial charge in [-0.2, -0.15) is 5.10 Å². The fraction of sp³-hybridized carbons (Fsp3) is 0.231. The Labute approximate surface area is 115 Å². The van der Waals surface area contributed by atoms with E-state index < -0.39 is 5.82 Å². The molecule has 0 aliphatic heterocycles. The Morgan fingerprint density at radius 3 is 2.90 bits per heavy atom. The number of carbonyl (C=O) groups excluding carboxylic acids is 1. The number of amides is 1. The number of nitrogens with one attached hydrogen (secondary N) is 1. The standard InChI is InChI=1S/C13H15FN4O2/c1-18(13(19)12-10(15)8-16-17-12)6-7-20-11-5-3-2-4-9(11)14/h2-5,8H,6-7,15H2,1H3,(H,16,17). The number of nitrogens with two attached hydrogens (primary N) is 1. The molecule has 0 aliphatic rings. The fourth-order valence-electron chi connectivity index (χ4n) is 1.61. The highest BCUT2D eigenvalue weighted by atomic mass is 19.1. The van der Waals surface area contributed by atoms with Gasteiger partial charge in [-0.25, -0.2) is 4.39 Å². The lowest BCUT2D eigenvalue weighted by molar-refractivity contribution is 0.0768. The van der Waals surface area contributed by atoms with E-state index >= 15 is 0 Å². The van der Waals surface area contributed by atoms with Crippen LogP contribution in [0.1, 0.15) is 10.5 Å². The topological polar surface area (TPSA) is 84.2 Å². The van der Waals surface area contributed by atoms with Crippen LogP contribution in [-0.2, 0) is 0 Å². The summed E-state index contributed by atoms with van der Waals surface area (Å²) in [4.78, 5) is 13.4. The van der Waals surface area contributed by atoms with Crippen molar-refractivity contribution in [3.63, 3.8) is 0 Å². The average Bonchev–Trinajstić information content (AvgIpc) is 2.86. The zero-order valence-corrected chi connectivity index (χ0v) is 11.0. The molecule has 6 nitrogen and oxygen atoms in total. The number of halogens is 1. The Hall–Kier alpha value is -2.57. The molecule has 2 aromatic rings. The maximum Gasteiger partial charge on any atom is 0.273 e. The highest BCUT2D eigenvalue weighted by Crippen LogP contribution is 2.15. The third-order valence-electron chi connectivity index (χ3n) is 2.75. The maximum atomic E-state index is 13.3. The molecule has 0 saturated heterocycles. The van der Waals surface area contributed by atoms with Crippen LogP contribution in [-0.4, -0.2) is 41.2 Å². The van der Waals surface area contributed by atoms with Gasteiger partial charge in [0.2, 0.25) is 0 Å². The molecule has 1 heterocycles. The van der Waals surface area contributed by atoms with Gasteiger partial charge in [0.15, 0.2) is 11.6 Å². The van der Waals surface area contributed by atoms with Crippen LogP contribution in [0.4, 0.5) is 10.1 Å². The molecule has 0 fully saturated rings. The van der Waals surface area contributed by atoms with Crippen molar-refractivity contribution in [1.82, 2.24) is 15.1 Å². The number of carbonyl (C=O) groups is 1. The molecule has 7 heteroatoms. The number of ether oxygens (including phenoxy) is 1. The molecule has 0 spiro atoms. The van der Waals surface area contributed by atoms with E-state index in [1.54, 1.807) is 19.2 Å². The lowest BCUT2D eigenvalue weighted by Gasteiger charge is -2.17. The number of hydrogen-bond acceptors (Lipinski definition) is 4. The summed E-state index contributed by atoms with van der Waals surface area (Å²) < 4.78 is 18.6. The molecule has 0 unspecified atom stereocenters. The van der Waals surface area contributed by atoms with E-state index in [1.807, 2.05) is 0 Å². The van der Waals surface area contributed by atoms with Gasteiger partial charge in [0.25, 0.3) is 5.91 Å². The van der Waals surface area contributed by atoms with Crippen molar-refractivity contribution in [3.8, 4) is 5.75 Å². The molecule has 1 aromatic heterocycles. The van der Waals surface area contributed by atoms with Crippen molar-refractivity contribution in [2.45, 2.75) is 0 Å². The Bertz CT molecular complexity index is 600. The largest absolute Gasteiger partial charge is 0.489 e. The molecule has 3 N–H and O–H groups in total. The van der Waals surface area contributed by atoms with E-state index in [0.29, 0.717) is 6.54 Å². The van der Waals surface area contributed by atoms with Crippen molar-refractivity contribution < 1.29 is 13.9 Å². The number of H-pyrrole nitrogens is 1. The van der Waals surface area contributed by atoms with E-state index in [1.165, 1.54) is 23.2 Å². The second-order valence-corrected chi connectivity index (χ2v) is 4.21. The van der Waals surface area contributed by atoms with Gasteiger partial charge in [0.1, 0.15) is 12.3 Å². The Balaban J connectivity index is 1.87. The van der Waals surface area contributed by atoms with Gasteiger partial charge in [-0.15, -0.1) is 0 Å². The molecule has 0 bridgehead atoms. The Kier molecular flexibility index (Phi) is 4.19. The van der Waals surface area contributed by atoms with Crippen LogP contribution in [0.25, 0.3) is 0 Å². The summed E-state index contributed by atoms with van der Waals surface area (Å²) in [6.07, 6.45) is 1.37. The molecule has 106 valence electrons. The first-order chi connectivity index (χ1) is 9.59. The summed E-state index contributed by atoms with van der Waals surface area (Å²) in [7, 11) is 1.60. The third-order valence-corrected chi connectivity index (χ3v) is 2.75. The molecular weight excluding hydrogens is 263 g/mol. The zero-order chi connectivity index (χ0) is 14.5. The second-order valence-electron chi connectivity index (χ2n) is 4.21. The van der Waals surface area contributed by atoms with Crippen molar-refractivity contribution >= 4 is 11.6 Å². The number of anilines is 1. The van der Waals surface area contributed by atoms with Gasteiger partial charge in [0, 0.05) is 7.05 Å². The molecule has 0 saturated carbocycles. The van der Waals surface area contributed by atoms with E-state index in [-0.39, 0.29) is 29.6 Å². The normalized spacial score (nSPS) is 10.3. The molecular formula is C13H15FN4O2. The molecule has 0 atom stereocenters. The lowest BCUT2D eigenvalue weighted by Crippen LogP contribution is -2.31. The fourth-order valence-corrected chi connectivity index (χ4v) is 1.61. The maximum absolute atomic E-state index is 13.3. The van der Waals surface area contributed by atoms with Crippen LogP contribution < -0.4 is 10.5 Å². The summed E-state index contributed by atoms with van der Waals surface area (Å²) in [5.41, 5.74) is 6.12. The number of hydrogen-bond donors (Lipinski definition) is 2. The highest BCUT2D eigenvalue weighted by molar-refractivity contribution is 5.96. The minimum atomic E-state index is -0.431. The first-order valence-electron chi connectivity index (χ1n) is 6.01. The van der Waals surface area contributed by atoms with E-state index in [4.69, 9.17) is 10.5 Å². The summed E-state index contributed by atoms with van der Waals surface area (Å²) in [6.45, 7) is 0.475. The minimum Gasteiger partial charge on any atom is -0.489 e. The van der Waals surface area contributed by atoms with E-state index in [9.17, 15) is 9.18 Å². The zero-order valence-electron chi connectivity index (χ0n) is 11.0. The number of aromatic nitrogens is 2. The van der Waals surface area contributed by atoms with Crippen LogP contribution in [0, 0.1) is 5.82 Å². The molecule has 0 aliphatic carbocycles. The van der Waals surface area contributed by atoms with Crippen LogP contribution >= 0.6 is 0 Å². The number of para-hydroxylation sites is 1. The quantitative estimate of drug-likeness (QED) is 0.863. The van der Waals surface area contributed by atoms with Gasteiger partial charge in [-0.1, -0.05) is 12.1 Å². The molecule has 2 rings (SSSR count). The van der Waals surface area contributed by atoms with E-state index in [2.05, 4.69) is 10.2 Å². The van der Waals surface area contributed by atoms with Crippen LogP contribution in [0.2, 0.25) is 0 Å². The van der Waals surface area contributed by atoms with Gasteiger partial charge in [0.05, 0.1) is 18.4 Å². The SMILES string of the molecule is CN(CCOc1ccccc1F)C(=O)c1[nH]ncc1N. The summed E-state index contributed by atoms with van der Waals surface area (Å²) in [5, 5.41) is 6.22. The Morgan fingerprint density at radius 2 is 2.25 bits per heavy atom. The summed E-state index contributed by atoms with van der Waals surface area (Å²) >= 11 is 0. The molecule has 0 radical (unpaired) electrons. The number of rotatable bonds is 5. The predicted molar refractivity (Wildman–Crippen MR) is 71.9 cm³/mol. The van der Waals surface area contributed by atoms with Gasteiger partial charge in [-0.3, -0.25) is 9.89 Å². The van der Waals surface area contributed by atoms with Crippen LogP contribution in [0.3, 0.4) is 0 Å². The average molecular weight is 278 g/mol. The molecule has 20 heavy (non-hydrogen) atoms. The summed E-state index contributed by atoms with van der Waals surface area (Å²) in [6, 6.07) is 6.11. The number of likely N-dealkylation sites (N-methyl/N-ethyl adjacent to an activating group) is 1. The van der Waals surface area contributed by atoms with Crippen molar-refractivity contribution in [2.75, 3.05) is 25.9 Å². The van der Waals surface area contributed by atoms with Crippen LogP contribution in [0.15, 0.2) is 30.5 Å². The van der Waals surface area contributed by atoms with Crippen molar-refractivity contribution in [2.24, 2.45) is 0 Å². The van der Waals surface area contributed by atoms with Crippen molar-refractivity contribution in [1.29, 1.82) is 0 Å². The predicted octanol–water partition coefficient (Wildman–Crippen LogP) is 1.28. The monoisotopic (exact) mass is 278 g/mol. The van der Waals surface area contributed by atoms with Gasteiger partial charge in [-0.05, 0) is 12.1 Å². The Morgan fingerprint density at radius 1 is 1.50 bits per heavy atom. The first kappa shape index (κ1) is 13.9. The van der Waals surface area contributed by atoms with Gasteiger partial charge >= 0.3 is 0 Å². The van der Waals surface area contributed by atoms with E-state index in [0.717, 1.165) is 0 Å². The highest BCUT2D eigenvalue weighted by Gasteiger charge is 2.16. The molecule has 1 aromatic carbocycles. The third kappa shape index (κ3) is 3.05. The number of benzene rings is 1. The van der Waals surface area contributed by atoms with Crippen molar-refractivity contribution in [3.05, 3.63) is 42.0 Å². The first-order valence-corrected chi connectivity index (χ1v) is 6.01.